The topological polar surface area (TPSA) is 0 Å². The van der Waals surface area contributed by atoms with Crippen LogP contribution in [-0.4, -0.2) is 24.1 Å². The Balaban J connectivity index is 3.29. The third-order valence-electron chi connectivity index (χ3n) is 0.687. The Morgan fingerprint density at radius 2 is 2.00 bits per heavy atom. The van der Waals surface area contributed by atoms with E-state index in [0.29, 0.717) is 0 Å². The minimum absolute atomic E-state index is 0.238. The Hall–Kier alpha value is 0.440. The maximum absolute atomic E-state index is 12.0. The Kier molecular flexibility index (Phi) is 4.57. The first-order chi connectivity index (χ1) is 3.72. The monoisotopic (exact) mass is 162 g/mol. The SMILES string of the molecule is FC[C@@H](Cl)[C@@H](F)CCl. The van der Waals surface area contributed by atoms with E-state index in [1.165, 1.54) is 0 Å². The Labute approximate surface area is 56.8 Å². The summed E-state index contributed by atoms with van der Waals surface area (Å²) < 4.78 is 23.4. The molecule has 0 fully saturated rings. The Bertz CT molecular complexity index is 52.0. The molecule has 0 aromatic rings. The lowest BCUT2D eigenvalue weighted by atomic mass is 10.3. The summed E-state index contributed by atoms with van der Waals surface area (Å²) in [6.45, 7) is -0.866. The van der Waals surface area contributed by atoms with Crippen molar-refractivity contribution in [1.29, 1.82) is 0 Å². The molecule has 0 aromatic heterocycles. The molecule has 0 heterocycles. The molecule has 0 radical (unpaired) electrons. The summed E-state index contributed by atoms with van der Waals surface area (Å²) in [4.78, 5) is 0. The van der Waals surface area contributed by atoms with Gasteiger partial charge in [-0.25, -0.2) is 8.78 Å². The van der Waals surface area contributed by atoms with Crippen molar-refractivity contribution in [2.24, 2.45) is 0 Å². The van der Waals surface area contributed by atoms with Crippen molar-refractivity contribution < 1.29 is 8.78 Å². The maximum Gasteiger partial charge on any atom is 0.132 e. The van der Waals surface area contributed by atoms with Gasteiger partial charge >= 0.3 is 0 Å². The largest absolute Gasteiger partial charge is 0.249 e. The smallest absolute Gasteiger partial charge is 0.132 e. The van der Waals surface area contributed by atoms with Crippen LogP contribution in [0.15, 0.2) is 0 Å². The highest BCUT2D eigenvalue weighted by atomic mass is 35.5. The fourth-order valence-electron chi connectivity index (χ4n) is 0.193. The van der Waals surface area contributed by atoms with Crippen molar-refractivity contribution in [2.75, 3.05) is 12.6 Å². The number of rotatable bonds is 3. The van der Waals surface area contributed by atoms with Crippen LogP contribution in [0.5, 0.6) is 0 Å². The van der Waals surface area contributed by atoms with Gasteiger partial charge in [-0.2, -0.15) is 0 Å². The molecule has 4 heteroatoms. The molecule has 0 amide bonds. The first kappa shape index (κ1) is 8.44. The van der Waals surface area contributed by atoms with Gasteiger partial charge in [0.15, 0.2) is 0 Å². The van der Waals surface area contributed by atoms with Gasteiger partial charge in [0.2, 0.25) is 0 Å². The number of alkyl halides is 4. The highest BCUT2D eigenvalue weighted by molar-refractivity contribution is 6.23. The first-order valence-electron chi connectivity index (χ1n) is 2.12. The van der Waals surface area contributed by atoms with E-state index in [1.54, 1.807) is 0 Å². The van der Waals surface area contributed by atoms with Crippen molar-refractivity contribution in [3.63, 3.8) is 0 Å². The fraction of sp³-hybridized carbons (Fsp3) is 1.00. The van der Waals surface area contributed by atoms with E-state index in [4.69, 9.17) is 23.2 Å². The summed E-state index contributed by atoms with van der Waals surface area (Å²) in [5.41, 5.74) is 0. The minimum Gasteiger partial charge on any atom is -0.249 e. The van der Waals surface area contributed by atoms with E-state index in [0.717, 1.165) is 0 Å². The van der Waals surface area contributed by atoms with Gasteiger partial charge in [0, 0.05) is 0 Å². The summed E-state index contributed by atoms with van der Waals surface area (Å²) in [7, 11) is 0. The van der Waals surface area contributed by atoms with Crippen LogP contribution >= 0.6 is 23.2 Å². The first-order valence-corrected chi connectivity index (χ1v) is 3.09. The molecule has 0 nitrogen and oxygen atoms in total. The van der Waals surface area contributed by atoms with Gasteiger partial charge in [0.25, 0.3) is 0 Å². The molecule has 0 unspecified atom stereocenters. The Morgan fingerprint density at radius 3 is 2.12 bits per heavy atom. The highest BCUT2D eigenvalue weighted by Crippen LogP contribution is 2.08. The van der Waals surface area contributed by atoms with Crippen LogP contribution in [0.25, 0.3) is 0 Å². The standard InChI is InChI=1S/C4H6Cl2F2/c5-1-4(8)3(6)2-7/h3-4H,1-2H2/t3-,4+/m1/s1. The predicted octanol–water partition coefficient (Wildman–Crippen LogP) is 2.14. The third-order valence-corrected chi connectivity index (χ3v) is 1.37. The van der Waals surface area contributed by atoms with E-state index in [1.807, 2.05) is 0 Å². The summed E-state index contributed by atoms with van der Waals surface area (Å²) in [6.07, 6.45) is -1.43. The van der Waals surface area contributed by atoms with Crippen LogP contribution < -0.4 is 0 Å². The molecule has 2 atom stereocenters. The van der Waals surface area contributed by atoms with Crippen LogP contribution in [0, 0.1) is 0 Å². The lowest BCUT2D eigenvalue weighted by Crippen LogP contribution is -2.19. The molecule has 0 spiro atoms. The molecular formula is C4H6Cl2F2. The quantitative estimate of drug-likeness (QED) is 0.559. The second-order valence-electron chi connectivity index (χ2n) is 1.34. The van der Waals surface area contributed by atoms with Crippen LogP contribution in [0.1, 0.15) is 0 Å². The molecule has 8 heavy (non-hydrogen) atoms. The zero-order chi connectivity index (χ0) is 6.57. The second kappa shape index (κ2) is 4.33. The van der Waals surface area contributed by atoms with E-state index < -0.39 is 18.2 Å². The molecule has 50 valence electrons. The van der Waals surface area contributed by atoms with Gasteiger partial charge in [-0.3, -0.25) is 0 Å². The summed E-state index contributed by atoms with van der Waals surface area (Å²) >= 11 is 10.1. The van der Waals surface area contributed by atoms with Crippen molar-refractivity contribution in [3.05, 3.63) is 0 Å². The minimum atomic E-state index is -1.43. The molecular weight excluding hydrogens is 157 g/mol. The van der Waals surface area contributed by atoms with Crippen molar-refractivity contribution in [3.8, 4) is 0 Å². The van der Waals surface area contributed by atoms with E-state index >= 15 is 0 Å². The number of hydrogen-bond donors (Lipinski definition) is 0. The van der Waals surface area contributed by atoms with Crippen LogP contribution in [0.4, 0.5) is 8.78 Å². The summed E-state index contributed by atoms with van der Waals surface area (Å²) in [5, 5.41) is -1.08. The van der Waals surface area contributed by atoms with Gasteiger partial charge in [-0.05, 0) is 0 Å². The van der Waals surface area contributed by atoms with Gasteiger partial charge in [0.05, 0.1) is 11.3 Å². The van der Waals surface area contributed by atoms with Crippen LogP contribution in [0.2, 0.25) is 0 Å². The number of halogens is 4. The second-order valence-corrected chi connectivity index (χ2v) is 2.21. The van der Waals surface area contributed by atoms with Crippen molar-refractivity contribution >= 4 is 23.2 Å². The average Bonchev–Trinajstić information content (AvgIpc) is 1.84. The maximum atomic E-state index is 12.0. The van der Waals surface area contributed by atoms with E-state index in [-0.39, 0.29) is 5.88 Å². The normalized spacial score (nSPS) is 18.0. The van der Waals surface area contributed by atoms with E-state index in [9.17, 15) is 8.78 Å². The lowest BCUT2D eigenvalue weighted by molar-refractivity contribution is 0.314. The lowest BCUT2D eigenvalue weighted by Gasteiger charge is -2.05. The predicted molar refractivity (Wildman–Crippen MR) is 31.2 cm³/mol. The van der Waals surface area contributed by atoms with E-state index in [2.05, 4.69) is 0 Å². The van der Waals surface area contributed by atoms with Gasteiger partial charge in [0.1, 0.15) is 12.8 Å². The summed E-state index contributed by atoms with van der Waals surface area (Å²) in [6, 6.07) is 0. The van der Waals surface area contributed by atoms with Gasteiger partial charge < -0.3 is 0 Å². The van der Waals surface area contributed by atoms with Crippen molar-refractivity contribution in [1.82, 2.24) is 0 Å². The average molecular weight is 163 g/mol. The highest BCUT2D eigenvalue weighted by Gasteiger charge is 2.16. The molecule has 0 saturated heterocycles. The fourth-order valence-corrected chi connectivity index (χ4v) is 0.589. The molecule has 0 N–H and O–H groups in total. The van der Waals surface area contributed by atoms with Gasteiger partial charge in [-0.15, -0.1) is 23.2 Å². The molecule has 0 bridgehead atoms. The zero-order valence-electron chi connectivity index (χ0n) is 4.08. The molecule has 0 aliphatic rings. The third kappa shape index (κ3) is 2.68. The van der Waals surface area contributed by atoms with Crippen LogP contribution in [-0.2, 0) is 0 Å². The Morgan fingerprint density at radius 1 is 1.50 bits per heavy atom. The van der Waals surface area contributed by atoms with Crippen molar-refractivity contribution in [2.45, 2.75) is 11.5 Å². The number of hydrogen-bond acceptors (Lipinski definition) is 0. The van der Waals surface area contributed by atoms with Crippen LogP contribution in [0.3, 0.4) is 0 Å². The molecule has 0 saturated carbocycles. The molecule has 0 rings (SSSR count). The van der Waals surface area contributed by atoms with Gasteiger partial charge in [-0.1, -0.05) is 0 Å². The molecule has 0 aliphatic carbocycles. The molecule has 0 aromatic carbocycles. The molecule has 0 aliphatic heterocycles. The summed E-state index contributed by atoms with van der Waals surface area (Å²) in [5.74, 6) is -0.238. The zero-order valence-corrected chi connectivity index (χ0v) is 5.59.